The predicted octanol–water partition coefficient (Wildman–Crippen LogP) is 6.35. The van der Waals surface area contributed by atoms with Crippen LogP contribution in [0.2, 0.25) is 5.02 Å². The Hall–Kier alpha value is -2.90. The molecular formula is C23H18BrClFN5. The highest BCUT2D eigenvalue weighted by Gasteiger charge is 2.30. The molecule has 0 saturated heterocycles. The van der Waals surface area contributed by atoms with Crippen molar-refractivity contribution < 1.29 is 4.39 Å². The Morgan fingerprint density at radius 3 is 2.77 bits per heavy atom. The summed E-state index contributed by atoms with van der Waals surface area (Å²) >= 11 is 10.2. The summed E-state index contributed by atoms with van der Waals surface area (Å²) in [5, 5.41) is 9.25. The molecule has 2 aromatic carbocycles. The van der Waals surface area contributed by atoms with Crippen molar-refractivity contribution >= 4 is 45.5 Å². The van der Waals surface area contributed by atoms with Crippen molar-refractivity contribution in [1.82, 2.24) is 14.8 Å². The molecular weight excluding hydrogens is 481 g/mol. The van der Waals surface area contributed by atoms with Crippen LogP contribution in [0.25, 0.3) is 11.3 Å². The summed E-state index contributed by atoms with van der Waals surface area (Å²) in [4.78, 5) is 8.55. The van der Waals surface area contributed by atoms with E-state index < -0.39 is 0 Å². The lowest BCUT2D eigenvalue weighted by atomic mass is 9.99. The van der Waals surface area contributed by atoms with Crippen LogP contribution in [-0.4, -0.2) is 27.2 Å². The first-order chi connectivity index (χ1) is 14.9. The van der Waals surface area contributed by atoms with Gasteiger partial charge in [0.15, 0.2) is 11.6 Å². The number of nitrogens with zero attached hydrogens (tertiary/aromatic N) is 5. The normalized spacial score (nSPS) is 16.0. The zero-order valence-corrected chi connectivity index (χ0v) is 19.2. The number of hydrogen-bond donors (Lipinski definition) is 0. The zero-order chi connectivity index (χ0) is 22.1. The molecule has 0 aliphatic carbocycles. The van der Waals surface area contributed by atoms with Crippen LogP contribution in [0.1, 0.15) is 42.7 Å². The molecule has 31 heavy (non-hydrogen) atoms. The van der Waals surface area contributed by atoms with Crippen molar-refractivity contribution in [3.8, 4) is 5.69 Å². The summed E-state index contributed by atoms with van der Waals surface area (Å²) in [5.74, 6) is 0.909. The third-order valence-electron chi connectivity index (χ3n) is 4.95. The molecule has 5 nitrogen and oxygen atoms in total. The summed E-state index contributed by atoms with van der Waals surface area (Å²) in [6.07, 6.45) is 5.24. The van der Waals surface area contributed by atoms with Crippen LogP contribution in [-0.2, 0) is 0 Å². The summed E-state index contributed by atoms with van der Waals surface area (Å²) in [6.45, 7) is 7.27. The van der Waals surface area contributed by atoms with Gasteiger partial charge in [0.25, 0.3) is 0 Å². The van der Waals surface area contributed by atoms with Crippen molar-refractivity contribution in [2.24, 2.45) is 9.98 Å². The minimum Gasteiger partial charge on any atom is -0.277 e. The summed E-state index contributed by atoms with van der Waals surface area (Å²) < 4.78 is 17.4. The second-order valence-corrected chi connectivity index (χ2v) is 8.21. The van der Waals surface area contributed by atoms with Crippen LogP contribution in [0.4, 0.5) is 4.39 Å². The second-order valence-electron chi connectivity index (χ2n) is 6.98. The van der Waals surface area contributed by atoms with Gasteiger partial charge in [0.1, 0.15) is 11.9 Å². The standard InChI is InChI=1S/C23H18BrClFN5/c1-13(7-6-12-27-3)22-29-30-23-14(2)28-21(15-8-4-5-9-17(15)26)19-18(31(22)23)11-10-16(24)20(19)25/h4-12,14H,3H2,1-2H3/b12-6-,13-7+/t14-/m0/s1. The lowest BCUT2D eigenvalue weighted by molar-refractivity contribution is 0.625. The number of aromatic nitrogens is 3. The van der Waals surface area contributed by atoms with Crippen LogP contribution in [0.3, 0.4) is 0 Å². The van der Waals surface area contributed by atoms with Gasteiger partial charge in [-0.25, -0.2) is 4.39 Å². The molecule has 0 saturated carbocycles. The van der Waals surface area contributed by atoms with Gasteiger partial charge in [-0.3, -0.25) is 14.6 Å². The fourth-order valence-corrected chi connectivity index (χ4v) is 4.09. The van der Waals surface area contributed by atoms with E-state index in [4.69, 9.17) is 16.6 Å². The third kappa shape index (κ3) is 3.79. The van der Waals surface area contributed by atoms with Crippen LogP contribution < -0.4 is 0 Å². The van der Waals surface area contributed by atoms with E-state index in [0.29, 0.717) is 38.0 Å². The number of aliphatic imine (C=N–C) groups is 2. The van der Waals surface area contributed by atoms with E-state index in [9.17, 15) is 4.39 Å². The van der Waals surface area contributed by atoms with E-state index in [-0.39, 0.29) is 11.9 Å². The average Bonchev–Trinajstić information content (AvgIpc) is 3.15. The summed E-state index contributed by atoms with van der Waals surface area (Å²) in [5.41, 5.74) is 3.06. The molecule has 3 aromatic rings. The Bertz CT molecular complexity index is 1270. The molecule has 1 aliphatic rings. The molecule has 0 radical (unpaired) electrons. The highest BCUT2D eigenvalue weighted by molar-refractivity contribution is 9.10. The second kappa shape index (κ2) is 8.69. The maximum absolute atomic E-state index is 14.8. The van der Waals surface area contributed by atoms with E-state index in [1.807, 2.05) is 36.6 Å². The maximum atomic E-state index is 14.8. The van der Waals surface area contributed by atoms with Gasteiger partial charge in [-0.15, -0.1) is 10.2 Å². The van der Waals surface area contributed by atoms with Crippen LogP contribution in [0.5, 0.6) is 0 Å². The lowest BCUT2D eigenvalue weighted by Gasteiger charge is -2.16. The first kappa shape index (κ1) is 21.3. The fourth-order valence-electron chi connectivity index (χ4n) is 3.51. The lowest BCUT2D eigenvalue weighted by Crippen LogP contribution is -2.11. The zero-order valence-electron chi connectivity index (χ0n) is 16.9. The molecule has 0 N–H and O–H groups in total. The Balaban J connectivity index is 2.04. The molecule has 156 valence electrons. The van der Waals surface area contributed by atoms with E-state index in [0.717, 1.165) is 11.3 Å². The van der Waals surface area contributed by atoms with Crippen molar-refractivity contribution in [2.45, 2.75) is 19.9 Å². The molecule has 4 rings (SSSR count). The summed E-state index contributed by atoms with van der Waals surface area (Å²) in [6, 6.07) is 9.92. The molecule has 0 unspecified atom stereocenters. The van der Waals surface area contributed by atoms with Crippen molar-refractivity contribution in [2.75, 3.05) is 0 Å². The molecule has 0 fully saturated rings. The quantitative estimate of drug-likeness (QED) is 0.311. The van der Waals surface area contributed by atoms with E-state index in [1.54, 1.807) is 30.5 Å². The van der Waals surface area contributed by atoms with Crippen LogP contribution >= 0.6 is 27.5 Å². The largest absolute Gasteiger partial charge is 0.277 e. The Morgan fingerprint density at radius 1 is 1.26 bits per heavy atom. The van der Waals surface area contributed by atoms with Gasteiger partial charge < -0.3 is 0 Å². The number of benzene rings is 2. The minimum atomic E-state index is -0.378. The first-order valence-electron chi connectivity index (χ1n) is 9.50. The molecule has 0 spiro atoms. The number of rotatable bonds is 4. The van der Waals surface area contributed by atoms with Crippen LogP contribution in [0.15, 0.2) is 69.2 Å². The molecule has 0 amide bonds. The Kier molecular flexibility index (Phi) is 5.98. The van der Waals surface area contributed by atoms with Gasteiger partial charge in [0.05, 0.1) is 16.4 Å². The van der Waals surface area contributed by atoms with E-state index >= 15 is 0 Å². The first-order valence-corrected chi connectivity index (χ1v) is 10.7. The molecule has 1 aliphatic heterocycles. The smallest absolute Gasteiger partial charge is 0.164 e. The number of allylic oxidation sites excluding steroid dienone is 3. The van der Waals surface area contributed by atoms with Crippen molar-refractivity contribution in [3.63, 3.8) is 0 Å². The van der Waals surface area contributed by atoms with Gasteiger partial charge in [0, 0.05) is 21.8 Å². The highest BCUT2D eigenvalue weighted by Crippen LogP contribution is 2.38. The van der Waals surface area contributed by atoms with Crippen molar-refractivity contribution in [1.29, 1.82) is 0 Å². The van der Waals surface area contributed by atoms with E-state index in [2.05, 4.69) is 37.8 Å². The Morgan fingerprint density at radius 2 is 2.03 bits per heavy atom. The monoisotopic (exact) mass is 497 g/mol. The van der Waals surface area contributed by atoms with Crippen LogP contribution in [0, 0.1) is 5.82 Å². The SMILES string of the molecule is C=N/C=C\C=C(/C)c1nnc2n1-c1ccc(Br)c(Cl)c1C(c1ccccc1F)=N[C@H]2C. The average molecular weight is 499 g/mol. The van der Waals surface area contributed by atoms with Gasteiger partial charge in [-0.05, 0) is 72.4 Å². The Labute approximate surface area is 192 Å². The van der Waals surface area contributed by atoms with Gasteiger partial charge in [-0.1, -0.05) is 29.8 Å². The van der Waals surface area contributed by atoms with Crippen molar-refractivity contribution in [3.05, 3.63) is 92.8 Å². The van der Waals surface area contributed by atoms with Gasteiger partial charge in [0.2, 0.25) is 0 Å². The highest BCUT2D eigenvalue weighted by atomic mass is 79.9. The molecule has 2 heterocycles. The minimum absolute atomic E-state index is 0.369. The number of halogens is 3. The number of hydrogen-bond acceptors (Lipinski definition) is 4. The fraction of sp³-hybridized carbons (Fsp3) is 0.130. The molecule has 1 atom stereocenters. The third-order valence-corrected chi connectivity index (χ3v) is 6.24. The molecule has 8 heteroatoms. The topological polar surface area (TPSA) is 55.4 Å². The number of fused-ring (bicyclic) bond motifs is 3. The van der Waals surface area contributed by atoms with Gasteiger partial charge in [-0.2, -0.15) is 0 Å². The summed E-state index contributed by atoms with van der Waals surface area (Å²) in [7, 11) is 0. The predicted molar refractivity (Wildman–Crippen MR) is 127 cm³/mol. The molecule has 0 bridgehead atoms. The van der Waals surface area contributed by atoms with Gasteiger partial charge >= 0.3 is 0 Å². The van der Waals surface area contributed by atoms with E-state index in [1.165, 1.54) is 6.07 Å². The maximum Gasteiger partial charge on any atom is 0.164 e. The molecule has 1 aromatic heterocycles.